The molecule has 0 spiro atoms. The van der Waals surface area contributed by atoms with Crippen LogP contribution in [0.1, 0.15) is 24.3 Å². The Morgan fingerprint density at radius 3 is 2.84 bits per heavy atom. The predicted octanol–water partition coefficient (Wildman–Crippen LogP) is 0.550. The fraction of sp³-hybridized carbons (Fsp3) is 0.500. The number of rotatable bonds is 3. The fourth-order valence-electron chi connectivity index (χ4n) is 1.85. The number of hydrogen-bond donors (Lipinski definition) is 0. The van der Waals surface area contributed by atoms with Crippen LogP contribution < -0.4 is 0 Å². The second kappa shape index (κ2) is 5.21. The Morgan fingerprint density at radius 1 is 1.53 bits per heavy atom. The van der Waals surface area contributed by atoms with E-state index in [-0.39, 0.29) is 11.8 Å². The molecule has 2 rings (SSSR count). The fourth-order valence-corrected chi connectivity index (χ4v) is 1.85. The van der Waals surface area contributed by atoms with Gasteiger partial charge in [-0.25, -0.2) is 5.01 Å². The molecule has 1 aromatic heterocycles. The normalized spacial score (nSPS) is 15.4. The molecule has 102 valence electrons. The molecule has 19 heavy (non-hydrogen) atoms. The lowest BCUT2D eigenvalue weighted by atomic mass is 10.1. The van der Waals surface area contributed by atoms with Crippen LogP contribution in [-0.2, 0) is 16.1 Å². The second-order valence-corrected chi connectivity index (χ2v) is 4.55. The standard InChI is InChI=1S/C12H16N4O3/c1-8-6-9(14-19-8)7-15(2)12(18)10-4-5-11(17)16(3)13-10/h6H,4-5,7H2,1-3H3. The number of hydrogen-bond acceptors (Lipinski definition) is 5. The van der Waals surface area contributed by atoms with Gasteiger partial charge < -0.3 is 9.42 Å². The molecular weight excluding hydrogens is 248 g/mol. The Kier molecular flexibility index (Phi) is 3.64. The Labute approximate surface area is 110 Å². The van der Waals surface area contributed by atoms with E-state index in [4.69, 9.17) is 4.52 Å². The smallest absolute Gasteiger partial charge is 0.270 e. The van der Waals surface area contributed by atoms with Crippen molar-refractivity contribution in [2.75, 3.05) is 14.1 Å². The maximum absolute atomic E-state index is 12.2. The van der Waals surface area contributed by atoms with Gasteiger partial charge in [0.15, 0.2) is 0 Å². The van der Waals surface area contributed by atoms with Crippen molar-refractivity contribution in [2.45, 2.75) is 26.3 Å². The molecule has 2 amide bonds. The lowest BCUT2D eigenvalue weighted by Crippen LogP contribution is -2.38. The molecule has 1 aliphatic heterocycles. The zero-order valence-electron chi connectivity index (χ0n) is 11.2. The van der Waals surface area contributed by atoms with Gasteiger partial charge in [0.2, 0.25) is 5.91 Å². The minimum absolute atomic E-state index is 0.0775. The lowest BCUT2D eigenvalue weighted by Gasteiger charge is -2.22. The number of carbonyl (C=O) groups excluding carboxylic acids is 2. The first kappa shape index (κ1) is 13.3. The third-order valence-electron chi connectivity index (χ3n) is 2.88. The second-order valence-electron chi connectivity index (χ2n) is 4.55. The molecule has 7 nitrogen and oxygen atoms in total. The molecule has 0 radical (unpaired) electrons. The third-order valence-corrected chi connectivity index (χ3v) is 2.88. The minimum Gasteiger partial charge on any atom is -0.361 e. The van der Waals surface area contributed by atoms with E-state index in [2.05, 4.69) is 10.3 Å². The van der Waals surface area contributed by atoms with Crippen LogP contribution in [0.5, 0.6) is 0 Å². The van der Waals surface area contributed by atoms with E-state index in [0.29, 0.717) is 36.6 Å². The van der Waals surface area contributed by atoms with Crippen LogP contribution in [0, 0.1) is 6.92 Å². The van der Waals surface area contributed by atoms with Crippen LogP contribution in [0.2, 0.25) is 0 Å². The molecule has 1 aromatic rings. The SMILES string of the molecule is Cc1cc(CN(C)C(=O)C2=NN(C)C(=O)CC2)no1. The van der Waals surface area contributed by atoms with Crippen molar-refractivity contribution in [2.24, 2.45) is 5.10 Å². The van der Waals surface area contributed by atoms with Gasteiger partial charge in [0, 0.05) is 33.0 Å². The molecule has 0 unspecified atom stereocenters. The molecular formula is C12H16N4O3. The van der Waals surface area contributed by atoms with E-state index < -0.39 is 0 Å². The summed E-state index contributed by atoms with van der Waals surface area (Å²) >= 11 is 0. The predicted molar refractivity (Wildman–Crippen MR) is 67.2 cm³/mol. The molecule has 0 bridgehead atoms. The topological polar surface area (TPSA) is 79.0 Å². The summed E-state index contributed by atoms with van der Waals surface area (Å²) in [5, 5.41) is 9.05. The summed E-state index contributed by atoms with van der Waals surface area (Å²) in [6, 6.07) is 1.78. The Bertz CT molecular complexity index is 535. The molecule has 0 saturated heterocycles. The van der Waals surface area contributed by atoms with Crippen molar-refractivity contribution in [3.63, 3.8) is 0 Å². The molecule has 0 aliphatic carbocycles. The largest absolute Gasteiger partial charge is 0.361 e. The van der Waals surface area contributed by atoms with E-state index in [9.17, 15) is 9.59 Å². The summed E-state index contributed by atoms with van der Waals surface area (Å²) in [7, 11) is 3.22. The van der Waals surface area contributed by atoms with Crippen molar-refractivity contribution in [1.29, 1.82) is 0 Å². The monoisotopic (exact) mass is 264 g/mol. The lowest BCUT2D eigenvalue weighted by molar-refractivity contribution is -0.130. The van der Waals surface area contributed by atoms with Crippen molar-refractivity contribution < 1.29 is 14.1 Å². The highest BCUT2D eigenvalue weighted by Gasteiger charge is 2.24. The van der Waals surface area contributed by atoms with Gasteiger partial charge >= 0.3 is 0 Å². The van der Waals surface area contributed by atoms with Crippen LogP contribution in [-0.4, -0.2) is 46.7 Å². The number of aryl methyl sites for hydroxylation is 1. The highest BCUT2D eigenvalue weighted by molar-refractivity contribution is 6.39. The van der Waals surface area contributed by atoms with Crippen LogP contribution in [0.4, 0.5) is 0 Å². The molecule has 1 aliphatic rings. The first-order valence-electron chi connectivity index (χ1n) is 5.99. The van der Waals surface area contributed by atoms with Gasteiger partial charge in [-0.15, -0.1) is 0 Å². The van der Waals surface area contributed by atoms with E-state index in [1.807, 2.05) is 0 Å². The number of aromatic nitrogens is 1. The van der Waals surface area contributed by atoms with Crippen molar-refractivity contribution in [1.82, 2.24) is 15.1 Å². The quantitative estimate of drug-likeness (QED) is 0.798. The molecule has 2 heterocycles. The zero-order valence-corrected chi connectivity index (χ0v) is 11.2. The summed E-state index contributed by atoms with van der Waals surface area (Å²) in [6.07, 6.45) is 0.697. The van der Waals surface area contributed by atoms with Gasteiger partial charge in [0.05, 0.1) is 6.54 Å². The van der Waals surface area contributed by atoms with E-state index in [0.717, 1.165) is 0 Å². The van der Waals surface area contributed by atoms with Crippen molar-refractivity contribution >= 4 is 17.5 Å². The molecule has 0 N–H and O–H groups in total. The first-order valence-corrected chi connectivity index (χ1v) is 5.99. The average Bonchev–Trinajstić information content (AvgIpc) is 2.77. The Balaban J connectivity index is 2.03. The number of carbonyl (C=O) groups is 2. The summed E-state index contributed by atoms with van der Waals surface area (Å²) in [5.41, 5.74) is 1.08. The van der Waals surface area contributed by atoms with Crippen LogP contribution in [0.25, 0.3) is 0 Å². The summed E-state index contributed by atoms with van der Waals surface area (Å²) in [4.78, 5) is 25.0. The van der Waals surface area contributed by atoms with E-state index in [1.54, 1.807) is 27.1 Å². The van der Waals surface area contributed by atoms with Gasteiger partial charge in [-0.3, -0.25) is 9.59 Å². The zero-order chi connectivity index (χ0) is 14.0. The van der Waals surface area contributed by atoms with Gasteiger partial charge in [-0.2, -0.15) is 5.10 Å². The Morgan fingerprint density at radius 2 is 2.26 bits per heavy atom. The van der Waals surface area contributed by atoms with Gasteiger partial charge in [-0.05, 0) is 6.92 Å². The maximum Gasteiger partial charge on any atom is 0.270 e. The molecule has 0 aromatic carbocycles. The summed E-state index contributed by atoms with van der Waals surface area (Å²) < 4.78 is 4.95. The number of amides is 2. The highest BCUT2D eigenvalue weighted by atomic mass is 16.5. The van der Waals surface area contributed by atoms with Gasteiger partial charge in [-0.1, -0.05) is 5.16 Å². The van der Waals surface area contributed by atoms with Gasteiger partial charge in [0.1, 0.15) is 17.2 Å². The maximum atomic E-state index is 12.2. The molecule has 7 heteroatoms. The van der Waals surface area contributed by atoms with Crippen molar-refractivity contribution in [3.8, 4) is 0 Å². The highest BCUT2D eigenvalue weighted by Crippen LogP contribution is 2.10. The Hall–Kier alpha value is -2.18. The van der Waals surface area contributed by atoms with E-state index >= 15 is 0 Å². The summed E-state index contributed by atoms with van der Waals surface area (Å²) in [6.45, 7) is 2.15. The number of nitrogens with zero attached hydrogens (tertiary/aromatic N) is 4. The summed E-state index contributed by atoms with van der Waals surface area (Å²) in [5.74, 6) is 0.433. The van der Waals surface area contributed by atoms with Gasteiger partial charge in [0.25, 0.3) is 5.91 Å². The average molecular weight is 264 g/mol. The van der Waals surface area contributed by atoms with Crippen molar-refractivity contribution in [3.05, 3.63) is 17.5 Å². The molecule has 0 atom stereocenters. The third kappa shape index (κ3) is 2.98. The first-order chi connectivity index (χ1) is 8.97. The number of hydrazone groups is 1. The molecule has 0 saturated carbocycles. The van der Waals surface area contributed by atoms with E-state index in [1.165, 1.54) is 9.91 Å². The van der Waals surface area contributed by atoms with Crippen LogP contribution in [0.3, 0.4) is 0 Å². The molecule has 0 fully saturated rings. The van der Waals surface area contributed by atoms with Crippen LogP contribution in [0.15, 0.2) is 15.7 Å². The minimum atomic E-state index is -0.194. The van der Waals surface area contributed by atoms with Crippen LogP contribution >= 0.6 is 0 Å².